The normalized spacial score (nSPS) is 30.8. The SMILES string of the molecule is C[C@]12C[C@H]1CCN2CCc1c[nH]c2ccccc12. The zero-order valence-electron chi connectivity index (χ0n) is 10.9. The van der Waals surface area contributed by atoms with E-state index in [2.05, 4.69) is 47.3 Å². The largest absolute Gasteiger partial charge is 0.361 e. The Bertz CT molecular complexity index is 584. The van der Waals surface area contributed by atoms with E-state index in [0.717, 1.165) is 5.92 Å². The van der Waals surface area contributed by atoms with Gasteiger partial charge in [-0.2, -0.15) is 0 Å². The molecule has 2 atom stereocenters. The molecule has 1 aromatic carbocycles. The molecule has 0 radical (unpaired) electrons. The van der Waals surface area contributed by atoms with Crippen molar-refractivity contribution in [1.29, 1.82) is 0 Å². The first-order valence-electron chi connectivity index (χ1n) is 7.07. The number of hydrogen-bond donors (Lipinski definition) is 1. The fourth-order valence-corrected chi connectivity index (χ4v) is 3.77. The van der Waals surface area contributed by atoms with Gasteiger partial charge in [-0.3, -0.25) is 4.90 Å². The van der Waals surface area contributed by atoms with Gasteiger partial charge in [0.25, 0.3) is 0 Å². The second-order valence-corrected chi connectivity index (χ2v) is 6.14. The number of rotatable bonds is 3. The minimum absolute atomic E-state index is 0.562. The zero-order valence-corrected chi connectivity index (χ0v) is 10.9. The van der Waals surface area contributed by atoms with Crippen molar-refractivity contribution < 1.29 is 0 Å². The van der Waals surface area contributed by atoms with Crippen LogP contribution in [0.25, 0.3) is 10.9 Å². The molecule has 1 aliphatic carbocycles. The van der Waals surface area contributed by atoms with E-state index >= 15 is 0 Å². The van der Waals surface area contributed by atoms with Gasteiger partial charge in [0.2, 0.25) is 0 Å². The average molecular weight is 240 g/mol. The molecule has 2 heteroatoms. The number of benzene rings is 1. The van der Waals surface area contributed by atoms with Crippen LogP contribution in [0.2, 0.25) is 0 Å². The summed E-state index contributed by atoms with van der Waals surface area (Å²) in [5.74, 6) is 1.00. The van der Waals surface area contributed by atoms with Gasteiger partial charge in [0.1, 0.15) is 0 Å². The Balaban J connectivity index is 1.52. The summed E-state index contributed by atoms with van der Waals surface area (Å²) in [4.78, 5) is 6.08. The van der Waals surface area contributed by atoms with Gasteiger partial charge in [0.15, 0.2) is 0 Å². The number of para-hydroxylation sites is 1. The Morgan fingerprint density at radius 1 is 1.39 bits per heavy atom. The van der Waals surface area contributed by atoms with E-state index in [0.29, 0.717) is 5.54 Å². The number of nitrogens with zero attached hydrogens (tertiary/aromatic N) is 1. The molecule has 2 aliphatic rings. The van der Waals surface area contributed by atoms with Gasteiger partial charge in [0, 0.05) is 29.2 Å². The van der Waals surface area contributed by atoms with Crippen LogP contribution >= 0.6 is 0 Å². The third-order valence-electron chi connectivity index (χ3n) is 5.17. The van der Waals surface area contributed by atoms with E-state index in [1.165, 1.54) is 48.8 Å². The Labute approximate surface area is 108 Å². The molecule has 18 heavy (non-hydrogen) atoms. The van der Waals surface area contributed by atoms with E-state index in [-0.39, 0.29) is 0 Å². The lowest BCUT2D eigenvalue weighted by Crippen LogP contribution is -2.33. The average Bonchev–Trinajstić information content (AvgIpc) is 2.77. The predicted molar refractivity (Wildman–Crippen MR) is 74.7 cm³/mol. The number of likely N-dealkylation sites (tertiary alicyclic amines) is 1. The number of nitrogens with one attached hydrogen (secondary N) is 1. The summed E-state index contributed by atoms with van der Waals surface area (Å²) < 4.78 is 0. The summed E-state index contributed by atoms with van der Waals surface area (Å²) in [5, 5.41) is 1.40. The first-order chi connectivity index (χ1) is 8.77. The first-order valence-corrected chi connectivity index (χ1v) is 7.07. The van der Waals surface area contributed by atoms with Crippen LogP contribution in [0, 0.1) is 5.92 Å². The van der Waals surface area contributed by atoms with Crippen LogP contribution in [0.3, 0.4) is 0 Å². The van der Waals surface area contributed by atoms with Crippen LogP contribution in [0.1, 0.15) is 25.3 Å². The number of H-pyrrole nitrogens is 1. The maximum atomic E-state index is 3.38. The second-order valence-electron chi connectivity index (χ2n) is 6.14. The Hall–Kier alpha value is -1.28. The molecular formula is C16H20N2. The van der Waals surface area contributed by atoms with Crippen molar-refractivity contribution >= 4 is 10.9 Å². The third-order valence-corrected chi connectivity index (χ3v) is 5.17. The van der Waals surface area contributed by atoms with Crippen molar-refractivity contribution in [1.82, 2.24) is 9.88 Å². The lowest BCUT2D eigenvalue weighted by molar-refractivity contribution is 0.229. The fraction of sp³-hybridized carbons (Fsp3) is 0.500. The minimum Gasteiger partial charge on any atom is -0.361 e. The van der Waals surface area contributed by atoms with Crippen LogP contribution in [0.15, 0.2) is 30.5 Å². The highest BCUT2D eigenvalue weighted by Gasteiger charge is 2.57. The first kappa shape index (κ1) is 10.6. The Morgan fingerprint density at radius 2 is 2.28 bits per heavy atom. The van der Waals surface area contributed by atoms with Crippen LogP contribution in [-0.4, -0.2) is 28.5 Å². The molecule has 2 nitrogen and oxygen atoms in total. The minimum atomic E-state index is 0.562. The predicted octanol–water partition coefficient (Wildman–Crippen LogP) is 3.19. The quantitative estimate of drug-likeness (QED) is 0.873. The molecule has 1 saturated carbocycles. The number of hydrogen-bond acceptors (Lipinski definition) is 1. The standard InChI is InChI=1S/C16H20N2/c1-16-10-13(16)7-9-18(16)8-6-12-11-17-15-5-3-2-4-14(12)15/h2-5,11,13,17H,6-10H2,1H3/t13-,16+/m1/s1. The topological polar surface area (TPSA) is 19.0 Å². The summed E-state index contributed by atoms with van der Waals surface area (Å²) in [6, 6.07) is 8.62. The van der Waals surface area contributed by atoms with E-state index < -0.39 is 0 Å². The smallest absolute Gasteiger partial charge is 0.0456 e. The lowest BCUT2D eigenvalue weighted by Gasteiger charge is -2.24. The number of aromatic amines is 1. The summed E-state index contributed by atoms with van der Waals surface area (Å²) in [6.45, 7) is 4.97. The molecule has 94 valence electrons. The van der Waals surface area contributed by atoms with Crippen LogP contribution in [0.5, 0.6) is 0 Å². The van der Waals surface area contributed by atoms with E-state index in [1.54, 1.807) is 0 Å². The number of fused-ring (bicyclic) bond motifs is 2. The molecule has 1 N–H and O–H groups in total. The van der Waals surface area contributed by atoms with Crippen LogP contribution in [0.4, 0.5) is 0 Å². The van der Waals surface area contributed by atoms with E-state index in [1.807, 2.05) is 0 Å². The maximum absolute atomic E-state index is 3.38. The van der Waals surface area contributed by atoms with Crippen molar-refractivity contribution in [2.45, 2.75) is 31.7 Å². The second kappa shape index (κ2) is 3.61. The molecule has 2 heterocycles. The maximum Gasteiger partial charge on any atom is 0.0456 e. The van der Waals surface area contributed by atoms with Crippen molar-refractivity contribution in [3.8, 4) is 0 Å². The summed E-state index contributed by atoms with van der Waals surface area (Å²) in [5.41, 5.74) is 3.30. The molecule has 0 bridgehead atoms. The van der Waals surface area contributed by atoms with Gasteiger partial charge in [-0.05, 0) is 50.3 Å². The van der Waals surface area contributed by atoms with E-state index in [9.17, 15) is 0 Å². The number of piperidine rings is 1. The highest BCUT2D eigenvalue weighted by Crippen LogP contribution is 2.55. The molecule has 0 unspecified atom stereocenters. The van der Waals surface area contributed by atoms with Crippen LogP contribution < -0.4 is 0 Å². The molecule has 1 aromatic heterocycles. The molecule has 0 spiro atoms. The highest BCUT2D eigenvalue weighted by atomic mass is 15.3. The molecule has 0 amide bonds. The fourth-order valence-electron chi connectivity index (χ4n) is 3.77. The van der Waals surface area contributed by atoms with Gasteiger partial charge in [-0.25, -0.2) is 0 Å². The molecular weight excluding hydrogens is 220 g/mol. The van der Waals surface area contributed by atoms with Gasteiger partial charge in [-0.1, -0.05) is 18.2 Å². The van der Waals surface area contributed by atoms with Crippen molar-refractivity contribution in [3.05, 3.63) is 36.0 Å². The zero-order chi connectivity index (χ0) is 12.2. The van der Waals surface area contributed by atoms with Crippen LogP contribution in [-0.2, 0) is 6.42 Å². The van der Waals surface area contributed by atoms with E-state index in [4.69, 9.17) is 0 Å². The molecule has 2 aromatic rings. The Morgan fingerprint density at radius 3 is 3.06 bits per heavy atom. The highest BCUT2D eigenvalue weighted by molar-refractivity contribution is 5.83. The summed E-state index contributed by atoms with van der Waals surface area (Å²) >= 11 is 0. The van der Waals surface area contributed by atoms with Gasteiger partial charge in [0.05, 0.1) is 0 Å². The van der Waals surface area contributed by atoms with Gasteiger partial charge < -0.3 is 4.98 Å². The van der Waals surface area contributed by atoms with Gasteiger partial charge in [-0.15, -0.1) is 0 Å². The monoisotopic (exact) mass is 240 g/mol. The van der Waals surface area contributed by atoms with Crippen molar-refractivity contribution in [3.63, 3.8) is 0 Å². The third kappa shape index (κ3) is 1.45. The summed E-state index contributed by atoms with van der Waals surface area (Å²) in [7, 11) is 0. The van der Waals surface area contributed by atoms with Crippen molar-refractivity contribution in [2.24, 2.45) is 5.92 Å². The molecule has 1 aliphatic heterocycles. The van der Waals surface area contributed by atoms with Crippen molar-refractivity contribution in [2.75, 3.05) is 13.1 Å². The summed E-state index contributed by atoms with van der Waals surface area (Å²) in [6.07, 6.45) is 6.21. The molecule has 1 saturated heterocycles. The van der Waals surface area contributed by atoms with Gasteiger partial charge >= 0.3 is 0 Å². The molecule has 2 fully saturated rings. The lowest BCUT2D eigenvalue weighted by atomic mass is 10.1. The Kier molecular flexibility index (Phi) is 2.13. The number of aromatic nitrogens is 1. The molecule has 4 rings (SSSR count).